The number of carbonyl (C=O) groups excluding carboxylic acids is 2. The highest BCUT2D eigenvalue weighted by Crippen LogP contribution is 2.50. The summed E-state index contributed by atoms with van der Waals surface area (Å²) in [7, 11) is 0. The summed E-state index contributed by atoms with van der Waals surface area (Å²) in [6, 6.07) is 0. The number of epoxide rings is 1. The number of hydrogen-bond acceptors (Lipinski definition) is 5. The zero-order valence-corrected chi connectivity index (χ0v) is 18.7. The van der Waals surface area contributed by atoms with E-state index >= 15 is 0 Å². The molecule has 1 heterocycles. The normalized spacial score (nSPS) is 32.6. The fourth-order valence-corrected chi connectivity index (χ4v) is 4.85. The van der Waals surface area contributed by atoms with Gasteiger partial charge in [0.1, 0.15) is 5.60 Å². The smallest absolute Gasteiger partial charge is 0.164 e. The van der Waals surface area contributed by atoms with Crippen molar-refractivity contribution < 1.29 is 24.5 Å². The fraction of sp³-hybridized carbons (Fsp3) is 0.667. The van der Waals surface area contributed by atoms with Crippen LogP contribution in [0.25, 0.3) is 0 Å². The molecule has 0 aromatic carbocycles. The third kappa shape index (κ3) is 4.32. The van der Waals surface area contributed by atoms with Crippen LogP contribution < -0.4 is 0 Å². The molecule has 3 aliphatic rings. The van der Waals surface area contributed by atoms with E-state index in [0.717, 1.165) is 29.6 Å². The second kappa shape index (κ2) is 8.29. The summed E-state index contributed by atoms with van der Waals surface area (Å²) in [5, 5.41) is 18.4. The van der Waals surface area contributed by atoms with Crippen LogP contribution in [0.2, 0.25) is 0 Å². The molecule has 0 aromatic heterocycles. The van der Waals surface area contributed by atoms with Crippen molar-refractivity contribution in [2.75, 3.05) is 19.8 Å². The van der Waals surface area contributed by atoms with Gasteiger partial charge in [-0.3, -0.25) is 9.59 Å². The first-order valence-corrected chi connectivity index (χ1v) is 10.3. The minimum absolute atomic E-state index is 0.0151. The Hall–Kier alpha value is -1.56. The number of aliphatic hydroxyl groups excluding tert-OH is 2. The molecule has 0 radical (unpaired) electrons. The van der Waals surface area contributed by atoms with Gasteiger partial charge >= 0.3 is 0 Å². The maximum absolute atomic E-state index is 12.0. The molecule has 0 saturated carbocycles. The number of carbonyl (C=O) groups is 2. The Morgan fingerprint density at radius 1 is 1.03 bits per heavy atom. The number of Topliss-reactive ketones (excluding diaryl/α,β-unsaturated/α-hetero) is 2. The van der Waals surface area contributed by atoms with Crippen LogP contribution in [0.5, 0.6) is 0 Å². The van der Waals surface area contributed by atoms with Crippen LogP contribution in [0.3, 0.4) is 0 Å². The Balaban J connectivity index is 0.000000208. The molecule has 0 bridgehead atoms. The van der Waals surface area contributed by atoms with Crippen LogP contribution in [0.15, 0.2) is 35.5 Å². The third-order valence-electron chi connectivity index (χ3n) is 7.06. The van der Waals surface area contributed by atoms with Crippen molar-refractivity contribution in [3.05, 3.63) is 35.5 Å². The van der Waals surface area contributed by atoms with Crippen LogP contribution in [-0.4, -0.2) is 47.2 Å². The van der Waals surface area contributed by atoms with Crippen LogP contribution >= 0.6 is 0 Å². The summed E-state index contributed by atoms with van der Waals surface area (Å²) in [6.45, 7) is 15.9. The van der Waals surface area contributed by atoms with Gasteiger partial charge in [-0.15, -0.1) is 0 Å². The van der Waals surface area contributed by atoms with Gasteiger partial charge in [-0.1, -0.05) is 46.4 Å². The summed E-state index contributed by atoms with van der Waals surface area (Å²) in [5.41, 5.74) is 1.14. The van der Waals surface area contributed by atoms with E-state index < -0.39 is 16.4 Å². The highest BCUT2D eigenvalue weighted by Gasteiger charge is 2.58. The number of ketones is 2. The number of hydrogen-bond donors (Lipinski definition) is 2. The largest absolute Gasteiger partial charge is 0.393 e. The highest BCUT2D eigenvalue weighted by atomic mass is 16.6. The molecular weight excluding hydrogens is 368 g/mol. The Labute approximate surface area is 174 Å². The van der Waals surface area contributed by atoms with Gasteiger partial charge in [-0.25, -0.2) is 0 Å². The predicted octanol–water partition coefficient (Wildman–Crippen LogP) is 3.41. The van der Waals surface area contributed by atoms with E-state index in [1.807, 2.05) is 53.7 Å². The van der Waals surface area contributed by atoms with Gasteiger partial charge in [0.15, 0.2) is 11.6 Å². The van der Waals surface area contributed by atoms with Crippen LogP contribution in [0.1, 0.15) is 54.4 Å². The zero-order chi connectivity index (χ0) is 22.2. The number of allylic oxidation sites excluding steroid dienone is 4. The van der Waals surface area contributed by atoms with Crippen molar-refractivity contribution >= 4 is 11.6 Å². The predicted molar refractivity (Wildman–Crippen MR) is 113 cm³/mol. The molecule has 2 aliphatic carbocycles. The minimum Gasteiger partial charge on any atom is -0.393 e. The first kappa shape index (κ1) is 23.7. The van der Waals surface area contributed by atoms with Gasteiger partial charge < -0.3 is 14.9 Å². The van der Waals surface area contributed by atoms with E-state index in [1.54, 1.807) is 0 Å². The van der Waals surface area contributed by atoms with E-state index in [1.165, 1.54) is 0 Å². The van der Waals surface area contributed by atoms with Crippen LogP contribution in [0, 0.1) is 22.7 Å². The van der Waals surface area contributed by atoms with Gasteiger partial charge in [0.05, 0.1) is 19.8 Å². The van der Waals surface area contributed by atoms with E-state index in [2.05, 4.69) is 6.58 Å². The summed E-state index contributed by atoms with van der Waals surface area (Å²) < 4.78 is 5.37. The molecular formula is C24H36O5. The lowest BCUT2D eigenvalue weighted by atomic mass is 9.63. The molecule has 0 aromatic rings. The molecule has 1 aliphatic heterocycles. The van der Waals surface area contributed by atoms with Crippen molar-refractivity contribution in [3.63, 3.8) is 0 Å². The SMILES string of the molecule is C=C(CO)[C@@H]1CC=C(C)C(=O)C1(C)C.CC1=CC[C@@H](C2(CO)CO2)C(C)(C)C1=O. The minimum atomic E-state index is -0.448. The average molecular weight is 405 g/mol. The van der Waals surface area contributed by atoms with Crippen molar-refractivity contribution in [2.45, 2.75) is 60.0 Å². The number of ether oxygens (including phenoxy) is 1. The van der Waals surface area contributed by atoms with E-state index in [4.69, 9.17) is 9.84 Å². The summed E-state index contributed by atoms with van der Waals surface area (Å²) in [4.78, 5) is 23.9. The van der Waals surface area contributed by atoms with E-state index in [9.17, 15) is 14.7 Å². The zero-order valence-electron chi connectivity index (χ0n) is 18.7. The molecule has 29 heavy (non-hydrogen) atoms. The lowest BCUT2D eigenvalue weighted by molar-refractivity contribution is -0.129. The van der Waals surface area contributed by atoms with Gasteiger partial charge in [-0.05, 0) is 49.3 Å². The molecule has 0 spiro atoms. The Morgan fingerprint density at radius 3 is 1.97 bits per heavy atom. The van der Waals surface area contributed by atoms with Crippen molar-refractivity contribution in [3.8, 4) is 0 Å². The maximum Gasteiger partial charge on any atom is 0.164 e. The average Bonchev–Trinajstić information content (AvgIpc) is 3.45. The van der Waals surface area contributed by atoms with Gasteiger partial charge in [0, 0.05) is 16.7 Å². The Kier molecular flexibility index (Phi) is 6.78. The number of aliphatic hydroxyl groups is 2. The summed E-state index contributed by atoms with van der Waals surface area (Å²) in [5.74, 6) is 0.528. The number of rotatable bonds is 4. The molecule has 1 unspecified atom stereocenters. The molecule has 0 amide bonds. The topological polar surface area (TPSA) is 87.1 Å². The Morgan fingerprint density at radius 2 is 1.52 bits per heavy atom. The molecule has 3 atom stereocenters. The van der Waals surface area contributed by atoms with Crippen molar-refractivity contribution in [1.82, 2.24) is 0 Å². The van der Waals surface area contributed by atoms with Gasteiger partial charge in [-0.2, -0.15) is 0 Å². The molecule has 1 saturated heterocycles. The monoisotopic (exact) mass is 404 g/mol. The fourth-order valence-electron chi connectivity index (χ4n) is 4.85. The molecule has 5 heteroatoms. The lowest BCUT2D eigenvalue weighted by Crippen LogP contribution is -2.46. The lowest BCUT2D eigenvalue weighted by Gasteiger charge is -2.39. The quantitative estimate of drug-likeness (QED) is 0.554. The van der Waals surface area contributed by atoms with Crippen molar-refractivity contribution in [2.24, 2.45) is 22.7 Å². The second-order valence-electron chi connectivity index (χ2n) is 9.78. The molecule has 162 valence electrons. The van der Waals surface area contributed by atoms with Gasteiger partial charge in [0.2, 0.25) is 0 Å². The van der Waals surface area contributed by atoms with E-state index in [-0.39, 0.29) is 36.6 Å². The standard InChI is InChI=1S/C12H18O3.C12H18O2/c1-8-4-5-9(11(2,3)10(8)14)12(6-13)7-15-12;1-8-5-6-10(9(2)7-13)12(3,4)11(8)14/h4,9,13H,5-7H2,1-3H3;5,10,13H,2,6-7H2,1,3-4H3/t9-,12?;10-/m10/s1. The highest BCUT2D eigenvalue weighted by molar-refractivity contribution is 6.00. The van der Waals surface area contributed by atoms with Crippen LogP contribution in [0.4, 0.5) is 0 Å². The Bertz CT molecular complexity index is 749. The molecule has 3 rings (SSSR count). The maximum atomic E-state index is 12.0. The third-order valence-corrected chi connectivity index (χ3v) is 7.06. The molecule has 5 nitrogen and oxygen atoms in total. The first-order valence-electron chi connectivity index (χ1n) is 10.3. The molecule has 2 N–H and O–H groups in total. The molecule has 1 fully saturated rings. The van der Waals surface area contributed by atoms with Crippen LogP contribution in [-0.2, 0) is 14.3 Å². The summed E-state index contributed by atoms with van der Waals surface area (Å²) in [6.07, 6.45) is 5.55. The van der Waals surface area contributed by atoms with Crippen molar-refractivity contribution in [1.29, 1.82) is 0 Å². The van der Waals surface area contributed by atoms with Gasteiger partial charge in [0.25, 0.3) is 0 Å². The summed E-state index contributed by atoms with van der Waals surface area (Å²) >= 11 is 0. The first-order chi connectivity index (χ1) is 13.3. The second-order valence-corrected chi connectivity index (χ2v) is 9.78. The van der Waals surface area contributed by atoms with E-state index in [0.29, 0.717) is 6.61 Å².